The summed E-state index contributed by atoms with van der Waals surface area (Å²) in [6.07, 6.45) is 1.75. The molecule has 1 aliphatic carbocycles. The molecule has 1 aromatic heterocycles. The van der Waals surface area contributed by atoms with E-state index < -0.39 is 17.8 Å². The summed E-state index contributed by atoms with van der Waals surface area (Å²) in [7, 11) is 0. The quantitative estimate of drug-likeness (QED) is 0.911. The number of fused-ring (bicyclic) bond motifs is 1. The van der Waals surface area contributed by atoms with Crippen molar-refractivity contribution in [2.24, 2.45) is 5.92 Å². The molecule has 26 heavy (non-hydrogen) atoms. The molecule has 0 atom stereocenters. The van der Waals surface area contributed by atoms with E-state index in [2.05, 4.69) is 9.97 Å². The summed E-state index contributed by atoms with van der Waals surface area (Å²) >= 11 is 0. The zero-order valence-electron chi connectivity index (χ0n) is 13.7. The smallest absolute Gasteiger partial charge is 0.338 e. The lowest BCUT2D eigenvalue weighted by Crippen LogP contribution is -2.45. The summed E-state index contributed by atoms with van der Waals surface area (Å²) in [6, 6.07) is 5.52. The molecular formula is C18H15F2N3O3. The molecular weight excluding hydrogens is 344 g/mol. The molecule has 8 heteroatoms. The van der Waals surface area contributed by atoms with Crippen molar-refractivity contribution in [3.8, 4) is 11.4 Å². The summed E-state index contributed by atoms with van der Waals surface area (Å²) in [5, 5.41) is 8.89. The van der Waals surface area contributed by atoms with E-state index in [9.17, 15) is 18.4 Å². The lowest BCUT2D eigenvalue weighted by molar-refractivity contribution is -0.160. The van der Waals surface area contributed by atoms with E-state index in [0.717, 1.165) is 11.1 Å². The summed E-state index contributed by atoms with van der Waals surface area (Å²) in [6.45, 7) is 0.784. The minimum absolute atomic E-state index is 0.00369. The van der Waals surface area contributed by atoms with Crippen molar-refractivity contribution in [2.75, 3.05) is 0 Å². The van der Waals surface area contributed by atoms with Gasteiger partial charge in [-0.05, 0) is 17.2 Å². The Labute approximate surface area is 147 Å². The van der Waals surface area contributed by atoms with Crippen LogP contribution in [-0.2, 0) is 17.9 Å². The van der Waals surface area contributed by atoms with E-state index in [-0.39, 0.29) is 24.3 Å². The number of halogens is 2. The van der Waals surface area contributed by atoms with Crippen LogP contribution < -0.4 is 0 Å². The van der Waals surface area contributed by atoms with Crippen LogP contribution >= 0.6 is 0 Å². The number of aromatic carboxylic acids is 1. The van der Waals surface area contributed by atoms with Crippen LogP contribution in [0.5, 0.6) is 0 Å². The van der Waals surface area contributed by atoms with Crippen molar-refractivity contribution >= 4 is 11.9 Å². The van der Waals surface area contributed by atoms with Crippen LogP contribution in [-0.4, -0.2) is 37.8 Å². The Morgan fingerprint density at radius 2 is 1.77 bits per heavy atom. The number of hydrogen-bond donors (Lipinski definition) is 1. The molecule has 2 aromatic rings. The molecule has 0 radical (unpaired) electrons. The molecule has 1 saturated carbocycles. The van der Waals surface area contributed by atoms with Gasteiger partial charge in [-0.1, -0.05) is 12.1 Å². The first-order valence-electron chi connectivity index (χ1n) is 8.16. The van der Waals surface area contributed by atoms with Gasteiger partial charge in [0.1, 0.15) is 0 Å². The first-order valence-corrected chi connectivity index (χ1v) is 8.16. The number of carboxylic acid groups (broad SMARTS) is 1. The van der Waals surface area contributed by atoms with E-state index in [1.165, 1.54) is 12.4 Å². The lowest BCUT2D eigenvalue weighted by atomic mass is 9.80. The Bertz CT molecular complexity index is 891. The third-order valence-corrected chi connectivity index (χ3v) is 4.84. The predicted octanol–water partition coefficient (Wildman–Crippen LogP) is 2.73. The number of nitrogens with zero attached hydrogens (tertiary/aromatic N) is 3. The predicted molar refractivity (Wildman–Crippen MR) is 86.4 cm³/mol. The topological polar surface area (TPSA) is 83.4 Å². The van der Waals surface area contributed by atoms with E-state index in [0.29, 0.717) is 24.5 Å². The van der Waals surface area contributed by atoms with E-state index in [1.54, 1.807) is 11.0 Å². The van der Waals surface area contributed by atoms with Gasteiger partial charge in [-0.2, -0.15) is 0 Å². The van der Waals surface area contributed by atoms with Gasteiger partial charge in [0, 0.05) is 49.8 Å². The van der Waals surface area contributed by atoms with Gasteiger partial charge in [0.2, 0.25) is 11.8 Å². The van der Waals surface area contributed by atoms with Crippen LogP contribution in [0.15, 0.2) is 30.6 Å². The fraction of sp³-hybridized carbons (Fsp3) is 0.333. The molecule has 1 aromatic carbocycles. The Balaban J connectivity index is 1.50. The SMILES string of the molecule is O=C(O)c1cnc(-c2ccc3c(c2)CN(C(=O)C2CC(F)(F)C2)C3)nc1. The summed E-state index contributed by atoms with van der Waals surface area (Å²) in [5.41, 5.74) is 2.61. The van der Waals surface area contributed by atoms with E-state index in [1.807, 2.05) is 12.1 Å². The maximum atomic E-state index is 13.0. The standard InChI is InChI=1S/C18H15F2N3O3/c19-18(20)4-13(5-18)16(24)23-8-11-2-1-10(3-12(11)9-23)15-21-6-14(7-22-15)17(25)26/h1-3,6-7,13H,4-5,8-9H2,(H,25,26). The van der Waals surface area contributed by atoms with Gasteiger partial charge >= 0.3 is 5.97 Å². The average molecular weight is 359 g/mol. The molecule has 1 fully saturated rings. The molecule has 0 bridgehead atoms. The van der Waals surface area contributed by atoms with Crippen LogP contribution in [0.3, 0.4) is 0 Å². The van der Waals surface area contributed by atoms with Gasteiger partial charge in [-0.3, -0.25) is 4.79 Å². The highest BCUT2D eigenvalue weighted by Gasteiger charge is 2.50. The Kier molecular flexibility index (Phi) is 3.71. The first-order chi connectivity index (χ1) is 12.3. The molecule has 2 heterocycles. The molecule has 4 rings (SSSR count). The number of aromatic nitrogens is 2. The first kappa shape index (κ1) is 16.6. The van der Waals surface area contributed by atoms with Gasteiger partial charge in [0.15, 0.2) is 5.82 Å². The third-order valence-electron chi connectivity index (χ3n) is 4.84. The Morgan fingerprint density at radius 3 is 2.38 bits per heavy atom. The second-order valence-corrected chi connectivity index (χ2v) is 6.74. The Hall–Kier alpha value is -2.90. The van der Waals surface area contributed by atoms with Crippen molar-refractivity contribution < 1.29 is 23.5 Å². The largest absolute Gasteiger partial charge is 0.478 e. The average Bonchev–Trinajstić information content (AvgIpc) is 3.02. The van der Waals surface area contributed by atoms with Crippen LogP contribution in [0.1, 0.15) is 34.3 Å². The van der Waals surface area contributed by atoms with Crippen LogP contribution in [0, 0.1) is 5.92 Å². The number of carbonyl (C=O) groups is 2. The van der Waals surface area contributed by atoms with Gasteiger partial charge in [0.05, 0.1) is 5.56 Å². The van der Waals surface area contributed by atoms with Crippen LogP contribution in [0.2, 0.25) is 0 Å². The number of hydrogen-bond acceptors (Lipinski definition) is 4. The van der Waals surface area contributed by atoms with E-state index in [4.69, 9.17) is 5.11 Å². The molecule has 0 saturated heterocycles. The van der Waals surface area contributed by atoms with Crippen molar-refractivity contribution in [3.63, 3.8) is 0 Å². The van der Waals surface area contributed by atoms with Gasteiger partial charge < -0.3 is 10.0 Å². The molecule has 1 N–H and O–H groups in total. The number of benzene rings is 1. The summed E-state index contributed by atoms with van der Waals surface area (Å²) in [5.74, 6) is -4.23. The Morgan fingerprint density at radius 1 is 1.12 bits per heavy atom. The monoisotopic (exact) mass is 359 g/mol. The normalized spacial score (nSPS) is 18.3. The highest BCUT2D eigenvalue weighted by atomic mass is 19.3. The minimum Gasteiger partial charge on any atom is -0.478 e. The van der Waals surface area contributed by atoms with E-state index >= 15 is 0 Å². The molecule has 1 aliphatic heterocycles. The second kappa shape index (κ2) is 5.82. The molecule has 6 nitrogen and oxygen atoms in total. The molecule has 2 aliphatic rings. The fourth-order valence-electron chi connectivity index (χ4n) is 3.37. The van der Waals surface area contributed by atoms with Crippen molar-refractivity contribution in [3.05, 3.63) is 47.3 Å². The maximum Gasteiger partial charge on any atom is 0.338 e. The van der Waals surface area contributed by atoms with Crippen molar-refractivity contribution in [1.82, 2.24) is 14.9 Å². The lowest BCUT2D eigenvalue weighted by Gasteiger charge is -2.36. The van der Waals surface area contributed by atoms with Crippen molar-refractivity contribution in [2.45, 2.75) is 31.9 Å². The highest BCUT2D eigenvalue weighted by Crippen LogP contribution is 2.44. The third kappa shape index (κ3) is 2.91. The fourth-order valence-corrected chi connectivity index (χ4v) is 3.37. The number of carbonyl (C=O) groups excluding carboxylic acids is 1. The number of carboxylic acids is 1. The molecule has 0 spiro atoms. The molecule has 134 valence electrons. The summed E-state index contributed by atoms with van der Waals surface area (Å²) < 4.78 is 26.0. The molecule has 1 amide bonds. The van der Waals surface area contributed by atoms with Gasteiger partial charge in [0.25, 0.3) is 0 Å². The maximum absolute atomic E-state index is 13.0. The van der Waals surface area contributed by atoms with Gasteiger partial charge in [-0.15, -0.1) is 0 Å². The zero-order valence-corrected chi connectivity index (χ0v) is 13.7. The van der Waals surface area contributed by atoms with Gasteiger partial charge in [-0.25, -0.2) is 23.5 Å². The summed E-state index contributed by atoms with van der Waals surface area (Å²) in [4.78, 5) is 32.9. The van der Waals surface area contributed by atoms with Crippen LogP contribution in [0.25, 0.3) is 11.4 Å². The van der Waals surface area contributed by atoms with Crippen molar-refractivity contribution in [1.29, 1.82) is 0 Å². The van der Waals surface area contributed by atoms with Crippen LogP contribution in [0.4, 0.5) is 8.78 Å². The minimum atomic E-state index is -2.71. The number of rotatable bonds is 3. The second-order valence-electron chi connectivity index (χ2n) is 6.74. The highest BCUT2D eigenvalue weighted by molar-refractivity contribution is 5.87. The number of amides is 1. The molecule has 0 unspecified atom stereocenters. The zero-order chi connectivity index (χ0) is 18.5. The number of alkyl halides is 2.